The van der Waals surface area contributed by atoms with Crippen LogP contribution in [-0.4, -0.2) is 65.5 Å². The van der Waals surface area contributed by atoms with Crippen LogP contribution in [0.2, 0.25) is 0 Å². The summed E-state index contributed by atoms with van der Waals surface area (Å²) in [5, 5.41) is 16.3. The van der Waals surface area contributed by atoms with Gasteiger partial charge in [-0.25, -0.2) is 13.6 Å². The molecule has 16 heteroatoms. The van der Waals surface area contributed by atoms with Gasteiger partial charge in [0.1, 0.15) is 17.5 Å². The third-order valence-corrected chi connectivity index (χ3v) is 9.62. The average molecular weight is 605 g/mol. The van der Waals surface area contributed by atoms with Crippen molar-refractivity contribution < 1.29 is 37.4 Å². The van der Waals surface area contributed by atoms with Crippen molar-refractivity contribution in [3.8, 4) is 5.75 Å². The second-order valence-electron chi connectivity index (χ2n) is 8.85. The van der Waals surface area contributed by atoms with E-state index < -0.39 is 64.0 Å². The zero-order valence-electron chi connectivity index (χ0n) is 20.2. The van der Waals surface area contributed by atoms with E-state index in [4.69, 9.17) is 9.88 Å². The van der Waals surface area contributed by atoms with E-state index in [0.717, 1.165) is 23.1 Å². The molecule has 2 aromatic carbocycles. The summed E-state index contributed by atoms with van der Waals surface area (Å²) < 4.78 is 28.6. The van der Waals surface area contributed by atoms with E-state index in [0.29, 0.717) is 26.1 Å². The predicted molar refractivity (Wildman–Crippen MR) is 143 cm³/mol. The minimum atomic E-state index is -3.89. The Kier molecular flexibility index (Phi) is 7.26. The Hall–Kier alpha value is -3.99. The van der Waals surface area contributed by atoms with Crippen LogP contribution in [0.15, 0.2) is 63.2 Å². The number of para-hydroxylation sites is 1. The summed E-state index contributed by atoms with van der Waals surface area (Å²) in [6.07, 6.45) is 0. The van der Waals surface area contributed by atoms with E-state index in [1.54, 1.807) is 24.3 Å². The van der Waals surface area contributed by atoms with Crippen LogP contribution in [-0.2, 0) is 29.2 Å². The zero-order valence-corrected chi connectivity index (χ0v) is 22.7. The number of hydrogen-bond acceptors (Lipinski definition) is 10. The van der Waals surface area contributed by atoms with E-state index in [1.165, 1.54) is 24.3 Å². The second-order valence-corrected chi connectivity index (χ2v) is 12.6. The first-order valence-electron chi connectivity index (χ1n) is 11.5. The molecule has 5 N–H and O–H groups in total. The summed E-state index contributed by atoms with van der Waals surface area (Å²) in [5.41, 5.74) is 0.745. The number of aromatic nitrogens is 1. The number of carboxylic acid groups (broad SMARTS) is 1. The lowest BCUT2D eigenvalue weighted by molar-refractivity contribution is -0.149. The van der Waals surface area contributed by atoms with Gasteiger partial charge in [0.05, 0.1) is 15.8 Å². The van der Waals surface area contributed by atoms with Gasteiger partial charge in [-0.05, 0) is 30.3 Å². The maximum absolute atomic E-state index is 13.3. The highest BCUT2D eigenvalue weighted by Crippen LogP contribution is 2.53. The SMILES string of the molecule is NS(=O)(=O)c1ccc(NC(=O)COc2ccccc2[C@H]2c3sc(=O)[nH]c3SC3C(=O)N(CC(=O)O)C(=O)C32)cc1. The van der Waals surface area contributed by atoms with Crippen LogP contribution in [0.3, 0.4) is 0 Å². The predicted octanol–water partition coefficient (Wildman–Crippen LogP) is 0.777. The Bertz CT molecular complexity index is 1700. The molecule has 208 valence electrons. The van der Waals surface area contributed by atoms with Crippen LogP contribution in [0, 0.1) is 5.92 Å². The Balaban J connectivity index is 1.41. The maximum atomic E-state index is 13.3. The highest BCUT2D eigenvalue weighted by atomic mass is 32.2. The van der Waals surface area contributed by atoms with Crippen LogP contribution < -0.4 is 20.1 Å². The number of nitrogens with zero attached hydrogens (tertiary/aromatic N) is 1. The number of aliphatic carboxylic acids is 1. The lowest BCUT2D eigenvalue weighted by Crippen LogP contribution is -2.36. The lowest BCUT2D eigenvalue weighted by Gasteiger charge is -2.30. The minimum Gasteiger partial charge on any atom is -0.483 e. The number of anilines is 1. The molecule has 1 aromatic heterocycles. The molecule has 3 amide bonds. The van der Waals surface area contributed by atoms with Crippen molar-refractivity contribution in [2.24, 2.45) is 11.1 Å². The molecule has 3 aromatic rings. The molecule has 0 radical (unpaired) electrons. The smallest absolute Gasteiger partial charge is 0.323 e. The van der Waals surface area contributed by atoms with Gasteiger partial charge >= 0.3 is 10.8 Å². The minimum absolute atomic E-state index is 0.118. The third kappa shape index (κ3) is 5.25. The number of thioether (sulfide) groups is 1. The summed E-state index contributed by atoms with van der Waals surface area (Å²) in [6.45, 7) is -1.24. The van der Waals surface area contributed by atoms with Gasteiger partial charge in [0.25, 0.3) is 5.91 Å². The molecule has 40 heavy (non-hydrogen) atoms. The van der Waals surface area contributed by atoms with E-state index >= 15 is 0 Å². The normalized spacial score (nSPS) is 20.1. The number of sulfonamides is 1. The largest absolute Gasteiger partial charge is 0.483 e. The number of thiazole rings is 1. The summed E-state index contributed by atoms with van der Waals surface area (Å²) >= 11 is 1.90. The molecule has 3 atom stereocenters. The molecule has 1 saturated heterocycles. The number of imide groups is 1. The summed E-state index contributed by atoms with van der Waals surface area (Å²) in [4.78, 5) is 65.9. The first kappa shape index (κ1) is 27.6. The molecular weight excluding hydrogens is 584 g/mol. The van der Waals surface area contributed by atoms with Gasteiger partial charge in [-0.1, -0.05) is 41.3 Å². The fourth-order valence-electron chi connectivity index (χ4n) is 4.64. The van der Waals surface area contributed by atoms with E-state index in [1.807, 2.05) is 0 Å². The van der Waals surface area contributed by atoms with Crippen molar-refractivity contribution in [3.05, 3.63) is 68.6 Å². The van der Waals surface area contributed by atoms with Gasteiger partial charge in [-0.2, -0.15) is 0 Å². The number of fused-ring (bicyclic) bond motifs is 2. The third-order valence-electron chi connectivity index (χ3n) is 6.29. The Morgan fingerprint density at radius 2 is 1.77 bits per heavy atom. The maximum Gasteiger partial charge on any atom is 0.323 e. The van der Waals surface area contributed by atoms with E-state index in [9.17, 15) is 37.5 Å². The number of carboxylic acids is 1. The number of ether oxygens (including phenoxy) is 1. The molecule has 2 aliphatic rings. The number of rotatable bonds is 8. The number of nitrogens with one attached hydrogen (secondary N) is 2. The number of benzene rings is 2. The van der Waals surface area contributed by atoms with Crippen molar-refractivity contribution >= 4 is 62.5 Å². The number of carbonyl (C=O) groups excluding carboxylic acids is 3. The Morgan fingerprint density at radius 1 is 1.07 bits per heavy atom. The fraction of sp³-hybridized carbons (Fsp3) is 0.208. The van der Waals surface area contributed by atoms with Crippen LogP contribution in [0.5, 0.6) is 5.75 Å². The van der Waals surface area contributed by atoms with Gasteiger partial charge in [0, 0.05) is 22.0 Å². The topological polar surface area (TPSA) is 206 Å². The van der Waals surface area contributed by atoms with Gasteiger partial charge in [0.15, 0.2) is 6.61 Å². The number of primary sulfonamides is 1. The number of aromatic amines is 1. The Labute approximate surface area is 234 Å². The molecule has 3 heterocycles. The lowest BCUT2D eigenvalue weighted by atomic mass is 9.82. The Morgan fingerprint density at radius 3 is 2.45 bits per heavy atom. The second kappa shape index (κ2) is 10.5. The van der Waals surface area contributed by atoms with E-state index in [2.05, 4.69) is 10.3 Å². The molecule has 2 aliphatic heterocycles. The van der Waals surface area contributed by atoms with Gasteiger partial charge < -0.3 is 20.1 Å². The fourth-order valence-corrected chi connectivity index (χ4v) is 7.68. The number of H-pyrrole nitrogens is 1. The average Bonchev–Trinajstić information content (AvgIpc) is 3.38. The van der Waals surface area contributed by atoms with Crippen molar-refractivity contribution in [2.75, 3.05) is 18.5 Å². The first-order valence-corrected chi connectivity index (χ1v) is 14.8. The highest BCUT2D eigenvalue weighted by Gasteiger charge is 2.56. The number of amides is 3. The van der Waals surface area contributed by atoms with Crippen molar-refractivity contribution in [1.29, 1.82) is 0 Å². The van der Waals surface area contributed by atoms with Crippen molar-refractivity contribution in [1.82, 2.24) is 9.88 Å². The van der Waals surface area contributed by atoms with Gasteiger partial charge in [-0.15, -0.1) is 0 Å². The molecule has 5 rings (SSSR count). The molecule has 13 nitrogen and oxygen atoms in total. The number of nitrogens with two attached hydrogens (primary N) is 1. The van der Waals surface area contributed by atoms with Gasteiger partial charge in [0.2, 0.25) is 21.8 Å². The molecule has 1 fully saturated rings. The molecule has 0 bridgehead atoms. The number of likely N-dealkylation sites (tertiary alicyclic amines) is 1. The summed E-state index contributed by atoms with van der Waals surface area (Å²) in [5.74, 6) is -4.81. The van der Waals surface area contributed by atoms with Crippen LogP contribution in [0.25, 0.3) is 0 Å². The summed E-state index contributed by atoms with van der Waals surface area (Å²) in [7, 11) is -3.89. The molecule has 0 aliphatic carbocycles. The van der Waals surface area contributed by atoms with Crippen molar-refractivity contribution in [2.45, 2.75) is 21.1 Å². The number of hydrogen-bond donors (Lipinski definition) is 4. The highest BCUT2D eigenvalue weighted by molar-refractivity contribution is 8.00. The zero-order chi connectivity index (χ0) is 28.8. The first-order chi connectivity index (χ1) is 18.9. The van der Waals surface area contributed by atoms with Crippen LogP contribution >= 0.6 is 23.1 Å². The molecule has 2 unspecified atom stereocenters. The number of carbonyl (C=O) groups is 4. The molecule has 0 saturated carbocycles. The quantitative estimate of drug-likeness (QED) is 0.266. The molecule has 0 spiro atoms. The van der Waals surface area contributed by atoms with Crippen LogP contribution in [0.4, 0.5) is 5.69 Å². The van der Waals surface area contributed by atoms with Crippen molar-refractivity contribution in [3.63, 3.8) is 0 Å². The van der Waals surface area contributed by atoms with Gasteiger partial charge in [-0.3, -0.25) is 28.9 Å². The standard InChI is InChI=1S/C24H20N4O9S3/c25-40(35,36)12-7-5-11(6-8-12)26-15(29)10-37-14-4-2-1-3-13(14)17-18-20(38-21-19(17)39-24(34)27-21)23(33)28(22(18)32)9-16(30)31/h1-8,17-18,20H,9-10H2,(H,26,29)(H,27,34)(H,30,31)(H2,25,35,36)/t17-,18?,20?/m1/s1. The van der Waals surface area contributed by atoms with Crippen LogP contribution in [0.1, 0.15) is 16.4 Å². The monoisotopic (exact) mass is 604 g/mol. The summed E-state index contributed by atoms with van der Waals surface area (Å²) in [6, 6.07) is 11.8. The van der Waals surface area contributed by atoms with E-state index in [-0.39, 0.29) is 15.5 Å². The molecular formula is C24H20N4O9S3.